The Morgan fingerprint density at radius 3 is 2.65 bits per heavy atom. The molecule has 2 aromatic rings. The van der Waals surface area contributed by atoms with Crippen molar-refractivity contribution >= 4 is 39.1 Å². The van der Waals surface area contributed by atoms with Gasteiger partial charge in [-0.2, -0.15) is 0 Å². The molecule has 5 rings (SSSR count). The number of amides is 2. The lowest BCUT2D eigenvalue weighted by atomic mass is 9.68. The van der Waals surface area contributed by atoms with Gasteiger partial charge in [0.1, 0.15) is 11.8 Å². The van der Waals surface area contributed by atoms with E-state index in [0.717, 1.165) is 40.0 Å². The van der Waals surface area contributed by atoms with E-state index in [2.05, 4.69) is 39.6 Å². The van der Waals surface area contributed by atoms with Crippen LogP contribution in [0.2, 0.25) is 0 Å². The number of carbonyl (C=O) groups is 2. The standard InChI is InChI=1S/C24H26BrN3O3/c1-14-17-12-16(31-2)4-6-19(17)27-22(14)23(30)28-9-7-24(8-10-28)13-21(29)26-20-5-3-15(25)11-18(20)24/h3-6,11-12,14,22,27H,7-10,13H2,1-2H3,(H,26,29). The summed E-state index contributed by atoms with van der Waals surface area (Å²) in [6, 6.07) is 11.7. The number of likely N-dealkylation sites (tertiary alicyclic amines) is 1. The number of methoxy groups -OCH3 is 1. The molecule has 0 radical (unpaired) electrons. The number of fused-ring (bicyclic) bond motifs is 3. The molecule has 1 fully saturated rings. The molecule has 2 aromatic carbocycles. The monoisotopic (exact) mass is 483 g/mol. The molecular formula is C24H26BrN3O3. The predicted molar refractivity (Wildman–Crippen MR) is 124 cm³/mol. The first kappa shape index (κ1) is 20.4. The van der Waals surface area contributed by atoms with Crippen LogP contribution in [-0.2, 0) is 15.0 Å². The third-order valence-corrected chi connectivity index (χ3v) is 7.68. The molecule has 0 bridgehead atoms. The van der Waals surface area contributed by atoms with Crippen LogP contribution >= 0.6 is 15.9 Å². The first-order valence-corrected chi connectivity index (χ1v) is 11.5. The van der Waals surface area contributed by atoms with Crippen LogP contribution < -0.4 is 15.4 Å². The number of anilines is 2. The van der Waals surface area contributed by atoms with Gasteiger partial charge in [-0.15, -0.1) is 0 Å². The summed E-state index contributed by atoms with van der Waals surface area (Å²) in [7, 11) is 1.66. The predicted octanol–water partition coefficient (Wildman–Crippen LogP) is 4.26. The molecule has 6 nitrogen and oxygen atoms in total. The molecule has 0 saturated carbocycles. The van der Waals surface area contributed by atoms with Crippen LogP contribution in [0.15, 0.2) is 40.9 Å². The molecule has 3 aliphatic heterocycles. The van der Waals surface area contributed by atoms with Crippen molar-refractivity contribution in [2.24, 2.45) is 0 Å². The summed E-state index contributed by atoms with van der Waals surface area (Å²) >= 11 is 3.57. The largest absolute Gasteiger partial charge is 0.497 e. The van der Waals surface area contributed by atoms with Gasteiger partial charge in [0.25, 0.3) is 0 Å². The second-order valence-electron chi connectivity index (χ2n) is 8.88. The van der Waals surface area contributed by atoms with E-state index in [1.54, 1.807) is 7.11 Å². The lowest BCUT2D eigenvalue weighted by Gasteiger charge is -2.45. The minimum Gasteiger partial charge on any atom is -0.497 e. The Morgan fingerprint density at radius 2 is 1.90 bits per heavy atom. The molecule has 162 valence electrons. The van der Waals surface area contributed by atoms with Gasteiger partial charge in [-0.1, -0.05) is 22.9 Å². The van der Waals surface area contributed by atoms with Crippen molar-refractivity contribution in [3.05, 3.63) is 52.0 Å². The summed E-state index contributed by atoms with van der Waals surface area (Å²) in [4.78, 5) is 27.8. The number of nitrogens with one attached hydrogen (secondary N) is 2. The van der Waals surface area contributed by atoms with E-state index >= 15 is 0 Å². The summed E-state index contributed by atoms with van der Waals surface area (Å²) in [5.74, 6) is 1.07. The van der Waals surface area contributed by atoms with Crippen LogP contribution in [0.5, 0.6) is 5.75 Å². The average molecular weight is 484 g/mol. The van der Waals surface area contributed by atoms with Gasteiger partial charge >= 0.3 is 0 Å². The summed E-state index contributed by atoms with van der Waals surface area (Å²) in [6.45, 7) is 3.40. The molecule has 1 spiro atoms. The number of ether oxygens (including phenoxy) is 1. The molecule has 7 heteroatoms. The molecule has 31 heavy (non-hydrogen) atoms. The average Bonchev–Trinajstić information content (AvgIpc) is 3.10. The molecule has 1 saturated heterocycles. The first-order chi connectivity index (χ1) is 14.9. The second-order valence-corrected chi connectivity index (χ2v) is 9.80. The molecule has 3 aliphatic rings. The van der Waals surface area contributed by atoms with Gasteiger partial charge in [0, 0.05) is 46.7 Å². The SMILES string of the molecule is COc1ccc2c(c1)C(C)C(C(=O)N1CCC3(CC1)CC(=O)Nc1ccc(Br)cc13)N2. The third-order valence-electron chi connectivity index (χ3n) is 7.18. The number of carbonyl (C=O) groups excluding carboxylic acids is 2. The zero-order valence-corrected chi connectivity index (χ0v) is 19.3. The number of benzene rings is 2. The van der Waals surface area contributed by atoms with Crippen LogP contribution in [0.3, 0.4) is 0 Å². The fourth-order valence-electron chi connectivity index (χ4n) is 5.38. The van der Waals surface area contributed by atoms with Gasteiger partial charge in [0.15, 0.2) is 0 Å². The van der Waals surface area contributed by atoms with Gasteiger partial charge in [-0.05, 0) is 60.4 Å². The molecule has 0 aromatic heterocycles. The van der Waals surface area contributed by atoms with Gasteiger partial charge in [0.05, 0.1) is 7.11 Å². The van der Waals surface area contributed by atoms with Crippen molar-refractivity contribution in [3.63, 3.8) is 0 Å². The van der Waals surface area contributed by atoms with E-state index < -0.39 is 0 Å². The Hall–Kier alpha value is -2.54. The Kier molecular flexibility index (Phi) is 4.96. The van der Waals surface area contributed by atoms with Crippen molar-refractivity contribution < 1.29 is 14.3 Å². The lowest BCUT2D eigenvalue weighted by molar-refractivity contribution is -0.134. The van der Waals surface area contributed by atoms with Gasteiger partial charge in [-0.3, -0.25) is 9.59 Å². The lowest BCUT2D eigenvalue weighted by Crippen LogP contribution is -2.52. The van der Waals surface area contributed by atoms with E-state index in [4.69, 9.17) is 4.74 Å². The maximum absolute atomic E-state index is 13.4. The van der Waals surface area contributed by atoms with Crippen molar-refractivity contribution in [1.29, 1.82) is 0 Å². The summed E-state index contributed by atoms with van der Waals surface area (Å²) < 4.78 is 6.36. The van der Waals surface area contributed by atoms with Crippen LogP contribution in [-0.4, -0.2) is 43.0 Å². The number of hydrogen-bond donors (Lipinski definition) is 2. The maximum atomic E-state index is 13.4. The number of hydrogen-bond acceptors (Lipinski definition) is 4. The van der Waals surface area contributed by atoms with E-state index in [1.165, 1.54) is 5.56 Å². The topological polar surface area (TPSA) is 70.7 Å². The van der Waals surface area contributed by atoms with Crippen LogP contribution in [0, 0.1) is 0 Å². The molecule has 2 N–H and O–H groups in total. The molecule has 0 aliphatic carbocycles. The Morgan fingerprint density at radius 1 is 1.16 bits per heavy atom. The molecular weight excluding hydrogens is 458 g/mol. The molecule has 3 heterocycles. The molecule has 2 amide bonds. The quantitative estimate of drug-likeness (QED) is 0.669. The smallest absolute Gasteiger partial charge is 0.245 e. The van der Waals surface area contributed by atoms with Crippen molar-refractivity contribution in [1.82, 2.24) is 4.90 Å². The van der Waals surface area contributed by atoms with Crippen molar-refractivity contribution in [2.45, 2.75) is 43.6 Å². The Bertz CT molecular complexity index is 1060. The van der Waals surface area contributed by atoms with E-state index in [9.17, 15) is 9.59 Å². The summed E-state index contributed by atoms with van der Waals surface area (Å²) in [5, 5.41) is 6.42. The van der Waals surface area contributed by atoms with Crippen LogP contribution in [0.1, 0.15) is 43.2 Å². The van der Waals surface area contributed by atoms with E-state index in [-0.39, 0.29) is 29.2 Å². The Balaban J connectivity index is 1.33. The summed E-state index contributed by atoms with van der Waals surface area (Å²) in [5.41, 5.74) is 4.00. The Labute approximate surface area is 190 Å². The third kappa shape index (κ3) is 3.39. The highest BCUT2D eigenvalue weighted by Crippen LogP contribution is 2.46. The minimum atomic E-state index is -0.271. The normalized spacial score (nSPS) is 23.6. The molecule has 2 unspecified atom stereocenters. The number of piperidine rings is 1. The number of rotatable bonds is 2. The maximum Gasteiger partial charge on any atom is 0.245 e. The fourth-order valence-corrected chi connectivity index (χ4v) is 5.74. The zero-order valence-electron chi connectivity index (χ0n) is 17.7. The fraction of sp³-hybridized carbons (Fsp3) is 0.417. The van der Waals surface area contributed by atoms with Crippen molar-refractivity contribution in [3.8, 4) is 5.75 Å². The van der Waals surface area contributed by atoms with E-state index in [0.29, 0.717) is 19.5 Å². The highest BCUT2D eigenvalue weighted by molar-refractivity contribution is 9.10. The molecule has 2 atom stereocenters. The summed E-state index contributed by atoms with van der Waals surface area (Å²) in [6.07, 6.45) is 2.05. The number of halogens is 1. The van der Waals surface area contributed by atoms with E-state index in [1.807, 2.05) is 35.2 Å². The van der Waals surface area contributed by atoms with Crippen LogP contribution in [0.4, 0.5) is 11.4 Å². The highest BCUT2D eigenvalue weighted by atomic mass is 79.9. The van der Waals surface area contributed by atoms with Crippen molar-refractivity contribution in [2.75, 3.05) is 30.8 Å². The highest BCUT2D eigenvalue weighted by Gasteiger charge is 2.45. The number of nitrogens with zero attached hydrogens (tertiary/aromatic N) is 1. The van der Waals surface area contributed by atoms with Gasteiger partial charge in [0.2, 0.25) is 11.8 Å². The van der Waals surface area contributed by atoms with Gasteiger partial charge in [-0.25, -0.2) is 0 Å². The van der Waals surface area contributed by atoms with Gasteiger partial charge < -0.3 is 20.3 Å². The second kappa shape index (κ2) is 7.55. The van der Waals surface area contributed by atoms with Crippen LogP contribution in [0.25, 0.3) is 0 Å². The minimum absolute atomic E-state index is 0.0603. The first-order valence-electron chi connectivity index (χ1n) is 10.7. The zero-order chi connectivity index (χ0) is 21.8.